The van der Waals surface area contributed by atoms with Gasteiger partial charge in [-0.1, -0.05) is 50.9 Å². The highest BCUT2D eigenvalue weighted by Gasteiger charge is 2.70. The van der Waals surface area contributed by atoms with Crippen LogP contribution in [0.3, 0.4) is 0 Å². The highest BCUT2D eigenvalue weighted by atomic mass is 35.5. The van der Waals surface area contributed by atoms with Gasteiger partial charge in [0.05, 0.1) is 31.2 Å². The standard InChI is InChI=1S/C22H19Cl2FO7S2/c1-20(2)9-33(29,30)12-7-5-10(16(23)14(12)20)18(26)22(25)21(3,4)15-13(34(22,31)32)8-6-11(17(15)24)19(27)28/h5-8H,9H2,1-4H3,(H,27,28). The van der Waals surface area contributed by atoms with Gasteiger partial charge in [-0.2, -0.15) is 0 Å². The molecular weight excluding hydrogens is 530 g/mol. The molecule has 0 saturated carbocycles. The lowest BCUT2D eigenvalue weighted by Gasteiger charge is -2.32. The van der Waals surface area contributed by atoms with E-state index in [0.717, 1.165) is 38.1 Å². The summed E-state index contributed by atoms with van der Waals surface area (Å²) in [6.45, 7) is 5.48. The largest absolute Gasteiger partial charge is 0.478 e. The molecule has 2 aromatic carbocycles. The van der Waals surface area contributed by atoms with E-state index in [9.17, 15) is 31.5 Å². The minimum Gasteiger partial charge on any atom is -0.478 e. The molecule has 34 heavy (non-hydrogen) atoms. The molecule has 0 fully saturated rings. The number of carboxylic acids is 1. The predicted molar refractivity (Wildman–Crippen MR) is 123 cm³/mol. The van der Waals surface area contributed by atoms with Gasteiger partial charge in [-0.15, -0.1) is 0 Å². The van der Waals surface area contributed by atoms with Crippen molar-refractivity contribution in [2.45, 2.75) is 53.3 Å². The van der Waals surface area contributed by atoms with Crippen molar-refractivity contribution in [2.24, 2.45) is 0 Å². The van der Waals surface area contributed by atoms with Crippen molar-refractivity contribution in [1.29, 1.82) is 0 Å². The van der Waals surface area contributed by atoms with E-state index in [2.05, 4.69) is 0 Å². The van der Waals surface area contributed by atoms with E-state index in [0.29, 0.717) is 0 Å². The molecule has 1 unspecified atom stereocenters. The number of benzene rings is 2. The zero-order chi connectivity index (χ0) is 25.8. The first-order chi connectivity index (χ1) is 15.3. The summed E-state index contributed by atoms with van der Waals surface area (Å²) < 4.78 is 68.7. The van der Waals surface area contributed by atoms with Crippen LogP contribution in [-0.4, -0.2) is 44.4 Å². The van der Waals surface area contributed by atoms with Crippen molar-refractivity contribution in [3.05, 3.63) is 56.6 Å². The first kappa shape index (κ1) is 25.1. The van der Waals surface area contributed by atoms with Crippen molar-refractivity contribution in [3.63, 3.8) is 0 Å². The number of alkyl halides is 1. The molecule has 4 rings (SSSR count). The Morgan fingerprint density at radius 1 is 0.882 bits per heavy atom. The Labute approximate surface area is 205 Å². The second-order valence-electron chi connectivity index (χ2n) is 9.60. The summed E-state index contributed by atoms with van der Waals surface area (Å²) in [6, 6.07) is 3.97. The molecule has 0 aromatic heterocycles. The maximum Gasteiger partial charge on any atom is 0.337 e. The van der Waals surface area contributed by atoms with E-state index >= 15 is 4.39 Å². The van der Waals surface area contributed by atoms with Gasteiger partial charge in [0.2, 0.25) is 15.6 Å². The Bertz CT molecular complexity index is 1540. The molecule has 0 spiro atoms. The van der Waals surface area contributed by atoms with Crippen molar-refractivity contribution in [3.8, 4) is 0 Å². The Balaban J connectivity index is 2.00. The molecule has 7 nitrogen and oxygen atoms in total. The number of carboxylic acid groups (broad SMARTS) is 1. The summed E-state index contributed by atoms with van der Waals surface area (Å²) in [6.07, 6.45) is 0. The maximum absolute atomic E-state index is 16.8. The van der Waals surface area contributed by atoms with Gasteiger partial charge >= 0.3 is 5.97 Å². The molecule has 182 valence electrons. The summed E-state index contributed by atoms with van der Waals surface area (Å²) in [5.41, 5.74) is -4.26. The number of fused-ring (bicyclic) bond motifs is 2. The Kier molecular flexibility index (Phi) is 5.18. The smallest absolute Gasteiger partial charge is 0.337 e. The molecule has 0 aliphatic carbocycles. The highest BCUT2D eigenvalue weighted by molar-refractivity contribution is 7.94. The molecule has 2 aliphatic rings. The number of rotatable bonds is 3. The number of halogens is 3. The molecule has 0 amide bonds. The topological polar surface area (TPSA) is 123 Å². The van der Waals surface area contributed by atoms with E-state index in [1.807, 2.05) is 0 Å². The number of Topliss-reactive ketones (excluding diaryl/α,β-unsaturated/α-hetero) is 1. The monoisotopic (exact) mass is 548 g/mol. The van der Waals surface area contributed by atoms with Crippen molar-refractivity contribution >= 4 is 54.6 Å². The van der Waals surface area contributed by atoms with Gasteiger partial charge in [0.1, 0.15) is 0 Å². The third-order valence-electron chi connectivity index (χ3n) is 6.63. The number of ketones is 1. The molecule has 0 radical (unpaired) electrons. The molecule has 0 bridgehead atoms. The van der Waals surface area contributed by atoms with Crippen LogP contribution in [0, 0.1) is 0 Å². The van der Waals surface area contributed by atoms with Crippen molar-refractivity contribution in [2.75, 3.05) is 5.75 Å². The van der Waals surface area contributed by atoms with Crippen LogP contribution < -0.4 is 0 Å². The first-order valence-corrected chi connectivity index (χ1v) is 13.8. The summed E-state index contributed by atoms with van der Waals surface area (Å²) in [7, 11) is -8.72. The van der Waals surface area contributed by atoms with Gasteiger partial charge in [-0.25, -0.2) is 26.0 Å². The number of carbonyl (C=O) groups excluding carboxylic acids is 1. The lowest BCUT2D eigenvalue weighted by atomic mass is 9.76. The Morgan fingerprint density at radius 3 is 1.94 bits per heavy atom. The molecule has 12 heteroatoms. The minimum atomic E-state index is -5.02. The lowest BCUT2D eigenvalue weighted by molar-refractivity contribution is 0.0696. The third kappa shape index (κ3) is 2.85. The number of sulfone groups is 2. The van der Waals surface area contributed by atoms with Gasteiger partial charge < -0.3 is 5.11 Å². The van der Waals surface area contributed by atoms with E-state index < -0.39 is 68.3 Å². The van der Waals surface area contributed by atoms with Crippen LogP contribution in [-0.2, 0) is 30.5 Å². The number of carbonyl (C=O) groups is 2. The van der Waals surface area contributed by atoms with E-state index in [1.165, 1.54) is 0 Å². The normalized spacial score (nSPS) is 24.9. The number of hydrogen-bond donors (Lipinski definition) is 1. The quantitative estimate of drug-likeness (QED) is 0.564. The Morgan fingerprint density at radius 2 is 1.38 bits per heavy atom. The van der Waals surface area contributed by atoms with Gasteiger partial charge in [0.25, 0.3) is 5.00 Å². The SMILES string of the molecule is CC1(C)CS(=O)(=O)c2ccc(C(=O)C3(F)C(C)(C)c4c(ccc(C(=O)O)c4Cl)S3(=O)=O)c(Cl)c21. The zero-order valence-corrected chi connectivity index (χ0v) is 21.5. The van der Waals surface area contributed by atoms with Crippen LogP contribution in [0.25, 0.3) is 0 Å². The molecule has 2 aromatic rings. The Hall–Kier alpha value is -2.01. The van der Waals surface area contributed by atoms with Gasteiger partial charge in [0.15, 0.2) is 9.84 Å². The van der Waals surface area contributed by atoms with E-state index in [1.54, 1.807) is 13.8 Å². The highest BCUT2D eigenvalue weighted by Crippen LogP contribution is 2.58. The summed E-state index contributed by atoms with van der Waals surface area (Å²) in [4.78, 5) is 24.5. The van der Waals surface area contributed by atoms with Gasteiger partial charge in [-0.3, -0.25) is 4.79 Å². The van der Waals surface area contributed by atoms with Crippen LogP contribution in [0.1, 0.15) is 59.5 Å². The zero-order valence-electron chi connectivity index (χ0n) is 18.4. The second kappa shape index (κ2) is 7.02. The van der Waals surface area contributed by atoms with Crippen LogP contribution in [0.4, 0.5) is 4.39 Å². The van der Waals surface area contributed by atoms with Gasteiger partial charge in [0, 0.05) is 22.0 Å². The fraction of sp³-hybridized carbons (Fsp3) is 0.364. The second-order valence-corrected chi connectivity index (χ2v) is 14.3. The summed E-state index contributed by atoms with van der Waals surface area (Å²) in [5, 5.41) is 4.95. The fourth-order valence-corrected chi connectivity index (χ4v) is 10.6. The average Bonchev–Trinajstić information content (AvgIpc) is 2.96. The molecule has 2 heterocycles. The molecule has 1 atom stereocenters. The van der Waals surface area contributed by atoms with Crippen molar-refractivity contribution in [1.82, 2.24) is 0 Å². The summed E-state index contributed by atoms with van der Waals surface area (Å²) in [5.74, 6) is -3.22. The molecule has 2 aliphatic heterocycles. The third-order valence-corrected chi connectivity index (χ3v) is 11.9. The first-order valence-electron chi connectivity index (χ1n) is 9.94. The van der Waals surface area contributed by atoms with Crippen molar-refractivity contribution < 1.29 is 35.9 Å². The minimum absolute atomic E-state index is 0.0991. The van der Waals surface area contributed by atoms with Gasteiger partial charge in [-0.05, 0) is 29.8 Å². The average molecular weight is 549 g/mol. The van der Waals surface area contributed by atoms with Crippen LogP contribution in [0.5, 0.6) is 0 Å². The van der Waals surface area contributed by atoms with E-state index in [4.69, 9.17) is 23.2 Å². The van der Waals surface area contributed by atoms with Crippen LogP contribution in [0.15, 0.2) is 34.1 Å². The molecule has 1 N–H and O–H groups in total. The van der Waals surface area contributed by atoms with E-state index in [-0.39, 0.29) is 26.8 Å². The van der Waals surface area contributed by atoms with Crippen LogP contribution >= 0.6 is 23.2 Å². The predicted octanol–water partition coefficient (Wildman–Crippen LogP) is 4.37. The number of aromatic carboxylic acids is 1. The maximum atomic E-state index is 16.8. The number of hydrogen-bond acceptors (Lipinski definition) is 6. The lowest BCUT2D eigenvalue weighted by Crippen LogP contribution is -2.51. The molecular formula is C22H19Cl2FO7S2. The fourth-order valence-electron chi connectivity index (χ4n) is 5.01. The molecule has 0 saturated heterocycles. The van der Waals surface area contributed by atoms with Crippen LogP contribution in [0.2, 0.25) is 10.0 Å². The summed E-state index contributed by atoms with van der Waals surface area (Å²) >= 11 is 12.6.